The van der Waals surface area contributed by atoms with Gasteiger partial charge in [0.25, 0.3) is 0 Å². The predicted molar refractivity (Wildman–Crippen MR) is 90.5 cm³/mol. The number of benzene rings is 1. The topological polar surface area (TPSA) is 64.4 Å². The van der Waals surface area contributed by atoms with E-state index in [0.29, 0.717) is 18.7 Å². The lowest BCUT2D eigenvalue weighted by atomic mass is 10.1. The number of furan rings is 1. The second-order valence-electron chi connectivity index (χ2n) is 5.29. The Morgan fingerprint density at radius 2 is 2.12 bits per heavy atom. The third-order valence-corrected chi connectivity index (χ3v) is 3.62. The SMILES string of the molecule is COc1cccc(CC(=O)NCc2cccnc2-c2ccco2)c1. The summed E-state index contributed by atoms with van der Waals surface area (Å²) in [7, 11) is 1.61. The molecule has 5 nitrogen and oxygen atoms in total. The van der Waals surface area contributed by atoms with E-state index in [2.05, 4.69) is 10.3 Å². The van der Waals surface area contributed by atoms with Crippen molar-refractivity contribution in [3.05, 3.63) is 72.1 Å². The van der Waals surface area contributed by atoms with Crippen LogP contribution in [0.4, 0.5) is 0 Å². The van der Waals surface area contributed by atoms with Crippen molar-refractivity contribution in [2.75, 3.05) is 7.11 Å². The molecule has 0 aliphatic heterocycles. The smallest absolute Gasteiger partial charge is 0.224 e. The molecule has 3 aromatic rings. The molecule has 5 heteroatoms. The Kier molecular flexibility index (Phi) is 4.91. The maximum absolute atomic E-state index is 12.2. The minimum atomic E-state index is -0.0579. The summed E-state index contributed by atoms with van der Waals surface area (Å²) in [5.41, 5.74) is 2.56. The number of pyridine rings is 1. The summed E-state index contributed by atoms with van der Waals surface area (Å²) < 4.78 is 10.6. The zero-order valence-electron chi connectivity index (χ0n) is 13.4. The van der Waals surface area contributed by atoms with Gasteiger partial charge in [-0.25, -0.2) is 0 Å². The van der Waals surface area contributed by atoms with Crippen molar-refractivity contribution < 1.29 is 13.9 Å². The maximum Gasteiger partial charge on any atom is 0.224 e. The molecule has 122 valence electrons. The van der Waals surface area contributed by atoms with Crippen molar-refractivity contribution in [3.63, 3.8) is 0 Å². The predicted octanol–water partition coefficient (Wildman–Crippen LogP) is 3.21. The summed E-state index contributed by atoms with van der Waals surface area (Å²) in [5.74, 6) is 1.37. The number of carbonyl (C=O) groups is 1. The van der Waals surface area contributed by atoms with Crippen LogP contribution in [0.3, 0.4) is 0 Å². The molecule has 0 unspecified atom stereocenters. The number of methoxy groups -OCH3 is 1. The standard InChI is InChI=1S/C19H18N2O3/c1-23-16-7-2-5-14(11-16)12-18(22)21-13-15-6-3-9-20-19(15)17-8-4-10-24-17/h2-11H,12-13H2,1H3,(H,21,22). The Bertz CT molecular complexity index is 813. The molecule has 0 aliphatic rings. The summed E-state index contributed by atoms with van der Waals surface area (Å²) in [6.07, 6.45) is 3.61. The highest BCUT2D eigenvalue weighted by molar-refractivity contribution is 5.78. The van der Waals surface area contributed by atoms with Crippen LogP contribution >= 0.6 is 0 Å². The number of amides is 1. The molecule has 0 spiro atoms. The Morgan fingerprint density at radius 1 is 1.21 bits per heavy atom. The first-order chi connectivity index (χ1) is 11.8. The van der Waals surface area contributed by atoms with Crippen LogP contribution in [0.2, 0.25) is 0 Å². The van der Waals surface area contributed by atoms with E-state index < -0.39 is 0 Å². The summed E-state index contributed by atoms with van der Waals surface area (Å²) in [6, 6.07) is 14.9. The van der Waals surface area contributed by atoms with Gasteiger partial charge >= 0.3 is 0 Å². The number of ether oxygens (including phenoxy) is 1. The second kappa shape index (κ2) is 7.46. The first kappa shape index (κ1) is 15.8. The van der Waals surface area contributed by atoms with Crippen molar-refractivity contribution in [1.82, 2.24) is 10.3 Å². The van der Waals surface area contributed by atoms with Crippen molar-refractivity contribution in [3.8, 4) is 17.2 Å². The van der Waals surface area contributed by atoms with Gasteiger partial charge in [-0.1, -0.05) is 18.2 Å². The van der Waals surface area contributed by atoms with Crippen molar-refractivity contribution in [2.45, 2.75) is 13.0 Å². The fourth-order valence-corrected chi connectivity index (χ4v) is 2.44. The third-order valence-electron chi connectivity index (χ3n) is 3.62. The van der Waals surface area contributed by atoms with Gasteiger partial charge in [-0.05, 0) is 35.9 Å². The molecular weight excluding hydrogens is 304 g/mol. The van der Waals surface area contributed by atoms with Crippen LogP contribution in [0.25, 0.3) is 11.5 Å². The molecule has 2 heterocycles. The van der Waals surface area contributed by atoms with Gasteiger partial charge in [0.2, 0.25) is 5.91 Å². The average Bonchev–Trinajstić information content (AvgIpc) is 3.15. The minimum absolute atomic E-state index is 0.0579. The lowest BCUT2D eigenvalue weighted by molar-refractivity contribution is -0.120. The summed E-state index contributed by atoms with van der Waals surface area (Å²) in [5, 5.41) is 2.93. The van der Waals surface area contributed by atoms with E-state index >= 15 is 0 Å². The van der Waals surface area contributed by atoms with Crippen LogP contribution < -0.4 is 10.1 Å². The molecule has 0 atom stereocenters. The number of nitrogens with zero attached hydrogens (tertiary/aromatic N) is 1. The maximum atomic E-state index is 12.2. The van der Waals surface area contributed by atoms with E-state index in [1.165, 1.54) is 0 Å². The zero-order valence-corrected chi connectivity index (χ0v) is 13.4. The van der Waals surface area contributed by atoms with Crippen LogP contribution in [-0.2, 0) is 17.8 Å². The van der Waals surface area contributed by atoms with Gasteiger partial charge in [0.05, 0.1) is 19.8 Å². The fraction of sp³-hybridized carbons (Fsp3) is 0.158. The van der Waals surface area contributed by atoms with E-state index in [-0.39, 0.29) is 5.91 Å². The Labute approximate surface area is 140 Å². The van der Waals surface area contributed by atoms with Gasteiger partial charge in [0.15, 0.2) is 5.76 Å². The van der Waals surface area contributed by atoms with Crippen molar-refractivity contribution in [1.29, 1.82) is 0 Å². The molecule has 0 fully saturated rings. The molecule has 0 aliphatic carbocycles. The summed E-state index contributed by atoms with van der Waals surface area (Å²) in [6.45, 7) is 0.396. The molecule has 0 bridgehead atoms. The molecule has 1 aromatic carbocycles. The second-order valence-corrected chi connectivity index (χ2v) is 5.29. The molecule has 1 N–H and O–H groups in total. The van der Waals surface area contributed by atoms with E-state index in [9.17, 15) is 4.79 Å². The highest BCUT2D eigenvalue weighted by Crippen LogP contribution is 2.21. The van der Waals surface area contributed by atoms with Gasteiger partial charge in [-0.3, -0.25) is 9.78 Å². The van der Waals surface area contributed by atoms with Gasteiger partial charge in [-0.15, -0.1) is 0 Å². The minimum Gasteiger partial charge on any atom is -0.497 e. The van der Waals surface area contributed by atoms with Crippen LogP contribution in [0, 0.1) is 0 Å². The average molecular weight is 322 g/mol. The molecule has 0 saturated heterocycles. The number of hydrogen-bond donors (Lipinski definition) is 1. The Balaban J connectivity index is 1.65. The van der Waals surface area contributed by atoms with Gasteiger partial charge in [0.1, 0.15) is 11.4 Å². The quantitative estimate of drug-likeness (QED) is 0.757. The third kappa shape index (κ3) is 3.81. The van der Waals surface area contributed by atoms with E-state index in [1.54, 1.807) is 19.6 Å². The molecular formula is C19H18N2O3. The molecule has 3 rings (SSSR count). The Hall–Kier alpha value is -3.08. The summed E-state index contributed by atoms with van der Waals surface area (Å²) >= 11 is 0. The highest BCUT2D eigenvalue weighted by atomic mass is 16.5. The van der Waals surface area contributed by atoms with Crippen LogP contribution in [0.15, 0.2) is 65.4 Å². The highest BCUT2D eigenvalue weighted by Gasteiger charge is 2.10. The number of rotatable bonds is 6. The van der Waals surface area contributed by atoms with Crippen molar-refractivity contribution >= 4 is 5.91 Å². The van der Waals surface area contributed by atoms with E-state index in [1.807, 2.05) is 48.5 Å². The first-order valence-corrected chi connectivity index (χ1v) is 7.63. The monoisotopic (exact) mass is 322 g/mol. The van der Waals surface area contributed by atoms with Gasteiger partial charge in [0, 0.05) is 18.3 Å². The molecule has 0 saturated carbocycles. The molecule has 0 radical (unpaired) electrons. The lowest BCUT2D eigenvalue weighted by Gasteiger charge is -2.09. The number of hydrogen-bond acceptors (Lipinski definition) is 4. The number of aromatic nitrogens is 1. The van der Waals surface area contributed by atoms with Crippen LogP contribution in [-0.4, -0.2) is 18.0 Å². The van der Waals surface area contributed by atoms with Crippen LogP contribution in [0.1, 0.15) is 11.1 Å². The summed E-state index contributed by atoms with van der Waals surface area (Å²) in [4.78, 5) is 16.5. The van der Waals surface area contributed by atoms with Crippen LogP contribution in [0.5, 0.6) is 5.75 Å². The normalized spacial score (nSPS) is 10.4. The Morgan fingerprint density at radius 3 is 2.92 bits per heavy atom. The van der Waals surface area contributed by atoms with E-state index in [0.717, 1.165) is 22.6 Å². The first-order valence-electron chi connectivity index (χ1n) is 7.63. The van der Waals surface area contributed by atoms with Crippen molar-refractivity contribution in [2.24, 2.45) is 0 Å². The number of carbonyl (C=O) groups excluding carboxylic acids is 1. The zero-order chi connectivity index (χ0) is 16.8. The number of nitrogens with one attached hydrogen (secondary N) is 1. The van der Waals surface area contributed by atoms with E-state index in [4.69, 9.17) is 9.15 Å². The fourth-order valence-electron chi connectivity index (χ4n) is 2.44. The molecule has 1 amide bonds. The molecule has 24 heavy (non-hydrogen) atoms. The largest absolute Gasteiger partial charge is 0.497 e. The molecule has 2 aromatic heterocycles. The van der Waals surface area contributed by atoms with Gasteiger partial charge < -0.3 is 14.5 Å². The van der Waals surface area contributed by atoms with Gasteiger partial charge in [-0.2, -0.15) is 0 Å². The lowest BCUT2D eigenvalue weighted by Crippen LogP contribution is -2.25.